The van der Waals surface area contributed by atoms with Crippen LogP contribution in [-0.2, 0) is 14.3 Å². The lowest BCUT2D eigenvalue weighted by Gasteiger charge is -2.20. The SMILES string of the molecule is CCCCCCCC(=O)O[C@@H]1CO[C@H]([C@H](O)CO)[C@@H]1O. The van der Waals surface area contributed by atoms with E-state index in [0.717, 1.165) is 25.7 Å². The van der Waals surface area contributed by atoms with Crippen LogP contribution in [-0.4, -0.2) is 58.9 Å². The van der Waals surface area contributed by atoms with Gasteiger partial charge >= 0.3 is 5.97 Å². The number of rotatable bonds is 9. The van der Waals surface area contributed by atoms with Crippen LogP contribution in [0.25, 0.3) is 0 Å². The Balaban J connectivity index is 2.22. The summed E-state index contributed by atoms with van der Waals surface area (Å²) in [5, 5.41) is 28.1. The highest BCUT2D eigenvalue weighted by Gasteiger charge is 2.41. The number of hydrogen-bond acceptors (Lipinski definition) is 6. The van der Waals surface area contributed by atoms with E-state index in [-0.39, 0.29) is 12.6 Å². The largest absolute Gasteiger partial charge is 0.457 e. The molecular formula is C14H26O6. The number of aliphatic hydroxyl groups excluding tert-OH is 3. The van der Waals surface area contributed by atoms with Crippen LogP contribution in [0.4, 0.5) is 0 Å². The second-order valence-electron chi connectivity index (χ2n) is 5.23. The lowest BCUT2D eigenvalue weighted by atomic mass is 10.1. The van der Waals surface area contributed by atoms with E-state index in [9.17, 15) is 15.0 Å². The maximum absolute atomic E-state index is 11.6. The first kappa shape index (κ1) is 17.4. The Hall–Kier alpha value is -0.690. The molecule has 1 saturated heterocycles. The molecule has 0 amide bonds. The summed E-state index contributed by atoms with van der Waals surface area (Å²) in [4.78, 5) is 11.6. The Bertz CT molecular complexity index is 283. The molecule has 118 valence electrons. The van der Waals surface area contributed by atoms with Crippen molar-refractivity contribution in [2.75, 3.05) is 13.2 Å². The highest BCUT2D eigenvalue weighted by Crippen LogP contribution is 2.21. The van der Waals surface area contributed by atoms with Crippen LogP contribution in [0.2, 0.25) is 0 Å². The van der Waals surface area contributed by atoms with Crippen LogP contribution < -0.4 is 0 Å². The van der Waals surface area contributed by atoms with Crippen LogP contribution in [0.1, 0.15) is 45.4 Å². The summed E-state index contributed by atoms with van der Waals surface area (Å²) in [5.74, 6) is -0.353. The average molecular weight is 290 g/mol. The first-order chi connectivity index (χ1) is 9.60. The fraction of sp³-hybridized carbons (Fsp3) is 0.929. The summed E-state index contributed by atoms with van der Waals surface area (Å²) >= 11 is 0. The molecule has 0 aromatic carbocycles. The molecule has 0 bridgehead atoms. The summed E-state index contributed by atoms with van der Waals surface area (Å²) in [7, 11) is 0. The van der Waals surface area contributed by atoms with Gasteiger partial charge in [0.05, 0.1) is 13.2 Å². The van der Waals surface area contributed by atoms with Crippen LogP contribution in [0, 0.1) is 0 Å². The zero-order valence-corrected chi connectivity index (χ0v) is 12.0. The third-order valence-corrected chi connectivity index (χ3v) is 3.50. The highest BCUT2D eigenvalue weighted by atomic mass is 16.6. The molecule has 1 aliphatic rings. The molecule has 1 aliphatic heterocycles. The van der Waals surface area contributed by atoms with Crippen molar-refractivity contribution in [2.45, 2.75) is 69.9 Å². The molecule has 1 heterocycles. The molecule has 0 aromatic heterocycles. The zero-order chi connectivity index (χ0) is 15.0. The van der Waals surface area contributed by atoms with E-state index >= 15 is 0 Å². The molecule has 0 aromatic rings. The number of unbranched alkanes of at least 4 members (excludes halogenated alkanes) is 4. The fourth-order valence-electron chi connectivity index (χ4n) is 2.26. The van der Waals surface area contributed by atoms with Gasteiger partial charge < -0.3 is 24.8 Å². The van der Waals surface area contributed by atoms with Crippen molar-refractivity contribution in [1.29, 1.82) is 0 Å². The summed E-state index contributed by atoms with van der Waals surface area (Å²) in [6.07, 6.45) is 1.64. The Morgan fingerprint density at radius 2 is 2.05 bits per heavy atom. The van der Waals surface area contributed by atoms with Crippen molar-refractivity contribution in [3.05, 3.63) is 0 Å². The number of esters is 1. The summed E-state index contributed by atoms with van der Waals surface area (Å²) in [6, 6.07) is 0. The number of carbonyl (C=O) groups is 1. The van der Waals surface area contributed by atoms with E-state index in [1.807, 2.05) is 0 Å². The minimum absolute atomic E-state index is 0.0461. The third-order valence-electron chi connectivity index (χ3n) is 3.50. The van der Waals surface area contributed by atoms with Crippen molar-refractivity contribution >= 4 is 5.97 Å². The number of hydrogen-bond donors (Lipinski definition) is 3. The minimum atomic E-state index is -1.16. The summed E-state index contributed by atoms with van der Waals surface area (Å²) in [6.45, 7) is 1.68. The highest BCUT2D eigenvalue weighted by molar-refractivity contribution is 5.69. The van der Waals surface area contributed by atoms with Gasteiger partial charge in [0.1, 0.15) is 18.3 Å². The second kappa shape index (κ2) is 9.28. The van der Waals surface area contributed by atoms with Gasteiger partial charge in [0.15, 0.2) is 6.10 Å². The Labute approximate surface area is 119 Å². The van der Waals surface area contributed by atoms with Gasteiger partial charge in [-0.25, -0.2) is 0 Å². The molecular weight excluding hydrogens is 264 g/mol. The molecule has 3 N–H and O–H groups in total. The number of aliphatic hydroxyl groups is 3. The van der Waals surface area contributed by atoms with E-state index < -0.39 is 31.0 Å². The van der Waals surface area contributed by atoms with Gasteiger partial charge in [-0.1, -0.05) is 32.6 Å². The van der Waals surface area contributed by atoms with Gasteiger partial charge in [-0.3, -0.25) is 4.79 Å². The van der Waals surface area contributed by atoms with Gasteiger partial charge in [-0.05, 0) is 6.42 Å². The normalized spacial score (nSPS) is 27.5. The van der Waals surface area contributed by atoms with Crippen LogP contribution >= 0.6 is 0 Å². The lowest BCUT2D eigenvalue weighted by Crippen LogP contribution is -2.41. The van der Waals surface area contributed by atoms with Gasteiger partial charge in [0, 0.05) is 6.42 Å². The van der Waals surface area contributed by atoms with Gasteiger partial charge in [0.25, 0.3) is 0 Å². The zero-order valence-electron chi connectivity index (χ0n) is 12.0. The maximum atomic E-state index is 11.6. The van der Waals surface area contributed by atoms with Crippen LogP contribution in [0.3, 0.4) is 0 Å². The van der Waals surface area contributed by atoms with Crippen LogP contribution in [0.5, 0.6) is 0 Å². The quantitative estimate of drug-likeness (QED) is 0.419. The van der Waals surface area contributed by atoms with Gasteiger partial charge in [0.2, 0.25) is 0 Å². The summed E-state index contributed by atoms with van der Waals surface area (Å²) < 4.78 is 10.3. The molecule has 6 heteroatoms. The maximum Gasteiger partial charge on any atom is 0.306 e. The second-order valence-corrected chi connectivity index (χ2v) is 5.23. The molecule has 0 radical (unpaired) electrons. The minimum Gasteiger partial charge on any atom is -0.457 e. The van der Waals surface area contributed by atoms with Crippen molar-refractivity contribution < 1.29 is 29.6 Å². The predicted octanol–water partition coefficient (Wildman–Crippen LogP) is 0.372. The average Bonchev–Trinajstić information content (AvgIpc) is 2.79. The fourth-order valence-corrected chi connectivity index (χ4v) is 2.26. The van der Waals surface area contributed by atoms with Gasteiger partial charge in [-0.15, -0.1) is 0 Å². The van der Waals surface area contributed by atoms with E-state index in [2.05, 4.69) is 6.92 Å². The van der Waals surface area contributed by atoms with Crippen molar-refractivity contribution in [3.63, 3.8) is 0 Å². The topological polar surface area (TPSA) is 96.2 Å². The van der Waals surface area contributed by atoms with E-state index in [1.54, 1.807) is 0 Å². The standard InChI is InChI=1S/C14H26O6/c1-2-3-4-5-6-7-12(17)20-11-9-19-14(13(11)18)10(16)8-15/h10-11,13-16,18H,2-9H2,1H3/t10-,11-,13-,14-/m1/s1. The molecule has 0 saturated carbocycles. The molecule has 1 rings (SSSR count). The third kappa shape index (κ3) is 5.36. The molecule has 1 fully saturated rings. The van der Waals surface area contributed by atoms with Crippen molar-refractivity contribution in [1.82, 2.24) is 0 Å². The summed E-state index contributed by atoms with van der Waals surface area (Å²) in [5.41, 5.74) is 0. The predicted molar refractivity (Wildman–Crippen MR) is 72.1 cm³/mol. The Morgan fingerprint density at radius 1 is 1.35 bits per heavy atom. The molecule has 4 atom stereocenters. The Morgan fingerprint density at radius 3 is 2.70 bits per heavy atom. The Kier molecular flexibility index (Phi) is 8.06. The van der Waals surface area contributed by atoms with E-state index in [1.165, 1.54) is 6.42 Å². The monoisotopic (exact) mass is 290 g/mol. The molecule has 0 aliphatic carbocycles. The van der Waals surface area contributed by atoms with Crippen molar-refractivity contribution in [2.24, 2.45) is 0 Å². The molecule has 0 spiro atoms. The number of ether oxygens (including phenoxy) is 2. The lowest BCUT2D eigenvalue weighted by molar-refractivity contribution is -0.153. The molecule has 6 nitrogen and oxygen atoms in total. The van der Waals surface area contributed by atoms with Gasteiger partial charge in [-0.2, -0.15) is 0 Å². The smallest absolute Gasteiger partial charge is 0.306 e. The molecule has 20 heavy (non-hydrogen) atoms. The van der Waals surface area contributed by atoms with Crippen LogP contribution in [0.15, 0.2) is 0 Å². The first-order valence-corrected chi connectivity index (χ1v) is 7.38. The molecule has 0 unspecified atom stereocenters. The van der Waals surface area contributed by atoms with E-state index in [0.29, 0.717) is 6.42 Å². The van der Waals surface area contributed by atoms with E-state index in [4.69, 9.17) is 14.6 Å². The first-order valence-electron chi connectivity index (χ1n) is 7.38. The van der Waals surface area contributed by atoms with Crippen molar-refractivity contribution in [3.8, 4) is 0 Å². The number of carbonyl (C=O) groups excluding carboxylic acids is 1.